The van der Waals surface area contributed by atoms with Gasteiger partial charge in [-0.15, -0.1) is 0 Å². The molecule has 1 unspecified atom stereocenters. The monoisotopic (exact) mass is 351 g/mol. The maximum Gasteiger partial charge on any atom is 0.0738 e. The molecule has 0 aliphatic heterocycles. The van der Waals surface area contributed by atoms with Crippen LogP contribution in [0.3, 0.4) is 0 Å². The Hall–Kier alpha value is -1.27. The molecule has 0 saturated heterocycles. The molecule has 114 valence electrons. The second-order valence-corrected chi connectivity index (χ2v) is 5.84. The van der Waals surface area contributed by atoms with Gasteiger partial charge in [0.05, 0.1) is 22.1 Å². The van der Waals surface area contributed by atoms with Crippen LogP contribution in [0.5, 0.6) is 0 Å². The third kappa shape index (κ3) is 3.89. The lowest BCUT2D eigenvalue weighted by molar-refractivity contribution is 0.500. The molecule has 0 saturated carbocycles. The van der Waals surface area contributed by atoms with Crippen molar-refractivity contribution in [2.24, 2.45) is 0 Å². The molecule has 0 aliphatic carbocycles. The number of hydrogen-bond donors (Lipinski definition) is 1. The lowest BCUT2D eigenvalue weighted by Crippen LogP contribution is -2.25. The number of hydrogen-bond acceptors (Lipinski definition) is 4. The standard InChI is InChI=1S/C15H22BrN5/c1-4-7-17-13(12-6-8-18-19-10-12)9-14-15(16)11(3)20-21(14)5-2/h6,8,10,13,17H,4-5,7,9H2,1-3H3. The smallest absolute Gasteiger partial charge is 0.0738 e. The van der Waals surface area contributed by atoms with E-state index < -0.39 is 0 Å². The van der Waals surface area contributed by atoms with E-state index in [1.165, 1.54) is 5.69 Å². The fraction of sp³-hybridized carbons (Fsp3) is 0.533. The first kappa shape index (κ1) is 16.1. The van der Waals surface area contributed by atoms with Gasteiger partial charge in [0.1, 0.15) is 0 Å². The highest BCUT2D eigenvalue weighted by atomic mass is 79.9. The third-order valence-corrected chi connectivity index (χ3v) is 4.53. The molecule has 0 bridgehead atoms. The van der Waals surface area contributed by atoms with Gasteiger partial charge in [0.25, 0.3) is 0 Å². The molecule has 0 amide bonds. The van der Waals surface area contributed by atoms with Crippen LogP contribution in [0.25, 0.3) is 0 Å². The molecule has 0 radical (unpaired) electrons. The van der Waals surface area contributed by atoms with E-state index in [4.69, 9.17) is 0 Å². The van der Waals surface area contributed by atoms with Crippen LogP contribution in [0.2, 0.25) is 0 Å². The number of aryl methyl sites for hydroxylation is 2. The summed E-state index contributed by atoms with van der Waals surface area (Å²) in [5.74, 6) is 0. The zero-order valence-electron chi connectivity index (χ0n) is 12.8. The average molecular weight is 352 g/mol. The van der Waals surface area contributed by atoms with Crippen molar-refractivity contribution in [2.75, 3.05) is 6.54 Å². The Morgan fingerprint density at radius 1 is 1.33 bits per heavy atom. The van der Waals surface area contributed by atoms with Crippen LogP contribution in [0.4, 0.5) is 0 Å². The zero-order valence-corrected chi connectivity index (χ0v) is 14.4. The largest absolute Gasteiger partial charge is 0.310 e. The molecule has 1 atom stereocenters. The van der Waals surface area contributed by atoms with Crippen LogP contribution < -0.4 is 5.32 Å². The molecule has 0 spiro atoms. The van der Waals surface area contributed by atoms with Crippen molar-refractivity contribution in [1.82, 2.24) is 25.3 Å². The summed E-state index contributed by atoms with van der Waals surface area (Å²) in [6.45, 7) is 8.17. The number of aromatic nitrogens is 4. The van der Waals surface area contributed by atoms with Gasteiger partial charge in [-0.2, -0.15) is 15.3 Å². The number of nitrogens with one attached hydrogen (secondary N) is 1. The lowest BCUT2D eigenvalue weighted by Gasteiger charge is -2.19. The fourth-order valence-corrected chi connectivity index (χ4v) is 2.84. The van der Waals surface area contributed by atoms with Crippen LogP contribution in [-0.2, 0) is 13.0 Å². The quantitative estimate of drug-likeness (QED) is 0.832. The van der Waals surface area contributed by atoms with Crippen LogP contribution in [0.15, 0.2) is 22.9 Å². The maximum absolute atomic E-state index is 4.57. The van der Waals surface area contributed by atoms with Crippen molar-refractivity contribution >= 4 is 15.9 Å². The normalized spacial score (nSPS) is 12.6. The maximum atomic E-state index is 4.57. The van der Waals surface area contributed by atoms with E-state index in [0.717, 1.165) is 41.7 Å². The first-order chi connectivity index (χ1) is 10.2. The Morgan fingerprint density at radius 2 is 2.14 bits per heavy atom. The van der Waals surface area contributed by atoms with Crippen LogP contribution in [-0.4, -0.2) is 26.5 Å². The number of rotatable bonds is 7. The van der Waals surface area contributed by atoms with E-state index >= 15 is 0 Å². The third-order valence-electron chi connectivity index (χ3n) is 3.50. The van der Waals surface area contributed by atoms with E-state index in [-0.39, 0.29) is 6.04 Å². The van der Waals surface area contributed by atoms with E-state index in [9.17, 15) is 0 Å². The van der Waals surface area contributed by atoms with Crippen molar-refractivity contribution in [3.8, 4) is 0 Å². The summed E-state index contributed by atoms with van der Waals surface area (Å²) in [5, 5.41) is 16.0. The first-order valence-electron chi connectivity index (χ1n) is 7.39. The predicted octanol–water partition coefficient (Wildman–Crippen LogP) is 3.05. The fourth-order valence-electron chi connectivity index (χ4n) is 2.39. The summed E-state index contributed by atoms with van der Waals surface area (Å²) in [4.78, 5) is 0. The minimum atomic E-state index is 0.221. The summed E-state index contributed by atoms with van der Waals surface area (Å²) < 4.78 is 3.17. The summed E-state index contributed by atoms with van der Waals surface area (Å²) in [7, 11) is 0. The van der Waals surface area contributed by atoms with E-state index in [1.54, 1.807) is 6.20 Å². The van der Waals surface area contributed by atoms with Crippen LogP contribution in [0.1, 0.15) is 43.3 Å². The van der Waals surface area contributed by atoms with Crippen molar-refractivity contribution in [3.05, 3.63) is 39.9 Å². The van der Waals surface area contributed by atoms with Crippen molar-refractivity contribution in [2.45, 2.75) is 46.2 Å². The van der Waals surface area contributed by atoms with Gasteiger partial charge in [-0.05, 0) is 54.4 Å². The van der Waals surface area contributed by atoms with Gasteiger partial charge in [-0.3, -0.25) is 4.68 Å². The second-order valence-electron chi connectivity index (χ2n) is 5.05. The highest BCUT2D eigenvalue weighted by Gasteiger charge is 2.18. The Balaban J connectivity index is 2.27. The minimum absolute atomic E-state index is 0.221. The molecule has 0 aliphatic rings. The molecular weight excluding hydrogens is 330 g/mol. The Labute approximate surface area is 134 Å². The Bertz CT molecular complexity index is 567. The molecule has 2 heterocycles. The molecule has 1 N–H and O–H groups in total. The van der Waals surface area contributed by atoms with Gasteiger partial charge in [0.2, 0.25) is 0 Å². The Morgan fingerprint density at radius 3 is 2.76 bits per heavy atom. The van der Waals surface area contributed by atoms with Crippen LogP contribution >= 0.6 is 15.9 Å². The molecular formula is C15H22BrN5. The van der Waals surface area contributed by atoms with Gasteiger partial charge in [-0.25, -0.2) is 0 Å². The van der Waals surface area contributed by atoms with Gasteiger partial charge in [0, 0.05) is 25.2 Å². The van der Waals surface area contributed by atoms with Crippen molar-refractivity contribution < 1.29 is 0 Å². The minimum Gasteiger partial charge on any atom is -0.310 e. The molecule has 2 rings (SSSR count). The summed E-state index contributed by atoms with van der Waals surface area (Å²) >= 11 is 3.67. The molecule has 6 heteroatoms. The SMILES string of the molecule is CCCNC(Cc1c(Br)c(C)nn1CC)c1ccnnc1. The van der Waals surface area contributed by atoms with E-state index in [2.05, 4.69) is 55.1 Å². The Kier molecular flexibility index (Phi) is 5.87. The first-order valence-corrected chi connectivity index (χ1v) is 8.18. The molecule has 2 aromatic rings. The average Bonchev–Trinajstić information content (AvgIpc) is 2.79. The van der Waals surface area contributed by atoms with Crippen molar-refractivity contribution in [1.29, 1.82) is 0 Å². The topological polar surface area (TPSA) is 55.6 Å². The predicted molar refractivity (Wildman–Crippen MR) is 87.1 cm³/mol. The van der Waals surface area contributed by atoms with Crippen LogP contribution in [0, 0.1) is 6.92 Å². The van der Waals surface area contributed by atoms with Gasteiger partial charge < -0.3 is 5.32 Å². The summed E-state index contributed by atoms with van der Waals surface area (Å²) in [5.41, 5.74) is 3.42. The number of nitrogens with zero attached hydrogens (tertiary/aromatic N) is 4. The molecule has 0 fully saturated rings. The highest BCUT2D eigenvalue weighted by Crippen LogP contribution is 2.26. The van der Waals surface area contributed by atoms with Gasteiger partial charge in [0.15, 0.2) is 0 Å². The summed E-state index contributed by atoms with van der Waals surface area (Å²) in [6, 6.07) is 2.24. The zero-order chi connectivity index (χ0) is 15.2. The van der Waals surface area contributed by atoms with E-state index in [1.807, 2.05) is 19.2 Å². The second kappa shape index (κ2) is 7.66. The molecule has 5 nitrogen and oxygen atoms in total. The molecule has 21 heavy (non-hydrogen) atoms. The molecule has 0 aromatic carbocycles. The number of halogens is 1. The van der Waals surface area contributed by atoms with Gasteiger partial charge in [-0.1, -0.05) is 6.92 Å². The molecule has 2 aromatic heterocycles. The lowest BCUT2D eigenvalue weighted by atomic mass is 10.0. The highest BCUT2D eigenvalue weighted by molar-refractivity contribution is 9.10. The van der Waals surface area contributed by atoms with E-state index in [0.29, 0.717) is 0 Å². The van der Waals surface area contributed by atoms with Gasteiger partial charge >= 0.3 is 0 Å². The van der Waals surface area contributed by atoms with Crippen molar-refractivity contribution in [3.63, 3.8) is 0 Å². The summed E-state index contributed by atoms with van der Waals surface area (Å²) in [6.07, 6.45) is 5.55.